The minimum Gasteiger partial charge on any atom is -0.545 e. The van der Waals surface area contributed by atoms with Crippen LogP contribution in [0.1, 0.15) is 57.4 Å². The third-order valence-electron chi connectivity index (χ3n) is 5.12. The highest BCUT2D eigenvalue weighted by Gasteiger charge is 2.37. The van der Waals surface area contributed by atoms with Gasteiger partial charge in [-0.2, -0.15) is 0 Å². The van der Waals surface area contributed by atoms with E-state index in [2.05, 4.69) is 0 Å². The van der Waals surface area contributed by atoms with Crippen molar-refractivity contribution in [2.24, 2.45) is 0 Å². The van der Waals surface area contributed by atoms with Crippen LogP contribution in [0.2, 0.25) is 0 Å². The number of benzene rings is 3. The van der Waals surface area contributed by atoms with E-state index in [1.807, 2.05) is 0 Å². The predicted molar refractivity (Wildman–Crippen MR) is 109 cm³/mol. The van der Waals surface area contributed by atoms with Crippen molar-refractivity contribution in [2.75, 3.05) is 4.90 Å². The van der Waals surface area contributed by atoms with E-state index in [-0.39, 0.29) is 33.6 Å². The molecule has 0 aliphatic carbocycles. The Morgan fingerprint density at radius 3 is 1.88 bits per heavy atom. The van der Waals surface area contributed by atoms with E-state index in [0.29, 0.717) is 4.90 Å². The van der Waals surface area contributed by atoms with E-state index in [1.165, 1.54) is 30.3 Å². The molecule has 0 atom stereocenters. The largest absolute Gasteiger partial charge is 0.545 e. The summed E-state index contributed by atoms with van der Waals surface area (Å²) in [6, 6.07) is 11.1. The monoisotopic (exact) mass is 458 g/mol. The number of fused-ring (bicyclic) bond motifs is 1. The van der Waals surface area contributed by atoms with Crippen LogP contribution in [0, 0.1) is 10.1 Å². The maximum Gasteiger partial charge on any atom is 0.270 e. The van der Waals surface area contributed by atoms with Crippen LogP contribution < -0.4 is 15.1 Å². The summed E-state index contributed by atoms with van der Waals surface area (Å²) in [5.41, 5.74) is -2.14. The smallest absolute Gasteiger partial charge is 0.270 e. The number of imide groups is 1. The second kappa shape index (κ2) is 8.06. The molecule has 0 N–H and O–H groups in total. The first-order chi connectivity index (χ1) is 16.1. The molecule has 1 aliphatic heterocycles. The number of hydrogen-bond acceptors (Lipinski definition) is 9. The lowest BCUT2D eigenvalue weighted by Gasteiger charge is -2.17. The van der Waals surface area contributed by atoms with Crippen molar-refractivity contribution in [1.82, 2.24) is 0 Å². The van der Waals surface area contributed by atoms with Crippen molar-refractivity contribution >= 4 is 40.9 Å². The van der Waals surface area contributed by atoms with Crippen LogP contribution in [-0.2, 0) is 0 Å². The highest BCUT2D eigenvalue weighted by Crippen LogP contribution is 2.31. The van der Waals surface area contributed by atoms with Gasteiger partial charge in [-0.05, 0) is 41.5 Å². The number of hydrogen-bond donors (Lipinski definition) is 0. The second-order valence-electron chi connectivity index (χ2n) is 7.19. The van der Waals surface area contributed by atoms with Gasteiger partial charge < -0.3 is 19.8 Å². The number of nitrogens with zero attached hydrogens (tertiary/aromatic N) is 2. The summed E-state index contributed by atoms with van der Waals surface area (Å²) >= 11 is 0. The third kappa shape index (κ3) is 3.66. The first-order valence-electron chi connectivity index (χ1n) is 9.48. The second-order valence-corrected chi connectivity index (χ2v) is 7.19. The number of rotatable bonds is 6. The molecule has 0 bridgehead atoms. The molecule has 168 valence electrons. The summed E-state index contributed by atoms with van der Waals surface area (Å²) in [5, 5.41) is 33.5. The summed E-state index contributed by atoms with van der Waals surface area (Å²) in [5.74, 6) is -5.89. The SMILES string of the molecule is O=C([O-])c1cc(C(=O)[O-])cc(N2C(=O)c3ccc(C(=O)c4cccc([N+](=O)[O-])c4)cc3C2=O)c1. The fourth-order valence-corrected chi connectivity index (χ4v) is 3.52. The zero-order valence-electron chi connectivity index (χ0n) is 16.8. The molecule has 11 heteroatoms. The molecule has 3 aromatic carbocycles. The molecule has 4 rings (SSSR count). The molecular formula is C23H10N2O9-2. The van der Waals surface area contributed by atoms with Crippen LogP contribution in [0.5, 0.6) is 0 Å². The Morgan fingerprint density at radius 1 is 0.706 bits per heavy atom. The van der Waals surface area contributed by atoms with Crippen LogP contribution in [-0.4, -0.2) is 34.5 Å². The first-order valence-corrected chi connectivity index (χ1v) is 9.48. The Bertz CT molecular complexity index is 1430. The minimum atomic E-state index is -1.73. The topological polar surface area (TPSA) is 178 Å². The van der Waals surface area contributed by atoms with Crippen LogP contribution in [0.25, 0.3) is 0 Å². The van der Waals surface area contributed by atoms with Crippen LogP contribution in [0.4, 0.5) is 11.4 Å². The fraction of sp³-hybridized carbons (Fsp3) is 0. The molecule has 1 aliphatic rings. The number of aromatic carboxylic acids is 2. The lowest BCUT2D eigenvalue weighted by atomic mass is 9.99. The fourth-order valence-electron chi connectivity index (χ4n) is 3.52. The van der Waals surface area contributed by atoms with Gasteiger partial charge in [0, 0.05) is 23.3 Å². The number of non-ortho nitro benzene ring substituents is 1. The Hall–Kier alpha value is -5.19. The summed E-state index contributed by atoms with van der Waals surface area (Å²) < 4.78 is 0. The van der Waals surface area contributed by atoms with Crippen LogP contribution >= 0.6 is 0 Å². The Labute approximate surface area is 189 Å². The molecule has 0 aromatic heterocycles. The molecule has 34 heavy (non-hydrogen) atoms. The van der Waals surface area contributed by atoms with Gasteiger partial charge in [0.15, 0.2) is 5.78 Å². The van der Waals surface area contributed by atoms with Gasteiger partial charge in [0.05, 0.1) is 33.7 Å². The number of carboxylic acids is 2. The van der Waals surface area contributed by atoms with Gasteiger partial charge in [-0.3, -0.25) is 24.5 Å². The van der Waals surface area contributed by atoms with Crippen molar-refractivity contribution in [2.45, 2.75) is 0 Å². The number of carbonyl (C=O) groups excluding carboxylic acids is 5. The number of amides is 2. The maximum absolute atomic E-state index is 13.0. The third-order valence-corrected chi connectivity index (χ3v) is 5.12. The quantitative estimate of drug-likeness (QED) is 0.218. The molecule has 0 unspecified atom stereocenters. The zero-order valence-corrected chi connectivity index (χ0v) is 16.8. The first kappa shape index (κ1) is 22.0. The van der Waals surface area contributed by atoms with E-state index in [0.717, 1.165) is 30.3 Å². The highest BCUT2D eigenvalue weighted by atomic mass is 16.6. The molecule has 1 heterocycles. The number of anilines is 1. The molecular weight excluding hydrogens is 448 g/mol. The van der Waals surface area contributed by atoms with Gasteiger partial charge in [0.2, 0.25) is 0 Å². The van der Waals surface area contributed by atoms with Crippen LogP contribution in [0.3, 0.4) is 0 Å². The maximum atomic E-state index is 13.0. The highest BCUT2D eigenvalue weighted by molar-refractivity contribution is 6.35. The number of nitro groups is 1. The Balaban J connectivity index is 1.75. The molecule has 0 saturated carbocycles. The molecule has 0 fully saturated rings. The van der Waals surface area contributed by atoms with E-state index in [4.69, 9.17) is 0 Å². The summed E-state index contributed by atoms with van der Waals surface area (Å²) in [6.45, 7) is 0. The van der Waals surface area contributed by atoms with Crippen molar-refractivity contribution in [1.29, 1.82) is 0 Å². The molecule has 2 amide bonds. The van der Waals surface area contributed by atoms with Gasteiger partial charge in [0.1, 0.15) is 0 Å². The lowest BCUT2D eigenvalue weighted by Crippen LogP contribution is -2.31. The van der Waals surface area contributed by atoms with Gasteiger partial charge in [-0.25, -0.2) is 4.90 Å². The average molecular weight is 458 g/mol. The number of carbonyl (C=O) groups is 5. The van der Waals surface area contributed by atoms with E-state index >= 15 is 0 Å². The summed E-state index contributed by atoms with van der Waals surface area (Å²) in [6.07, 6.45) is 0. The van der Waals surface area contributed by atoms with E-state index in [1.54, 1.807) is 0 Å². The summed E-state index contributed by atoms with van der Waals surface area (Å²) in [7, 11) is 0. The number of carboxylic acid groups (broad SMARTS) is 2. The van der Waals surface area contributed by atoms with E-state index < -0.39 is 45.6 Å². The minimum absolute atomic E-state index is 0.0111. The van der Waals surface area contributed by atoms with Crippen molar-refractivity contribution in [3.05, 3.63) is 104 Å². The van der Waals surface area contributed by atoms with Gasteiger partial charge in [0.25, 0.3) is 17.5 Å². The molecule has 3 aromatic rings. The zero-order chi connectivity index (χ0) is 24.7. The van der Waals surface area contributed by atoms with Crippen LogP contribution in [0.15, 0.2) is 60.7 Å². The standard InChI is InChI=1S/C23H12N2O9/c26-19(11-2-1-3-15(7-11)25(33)34)12-4-5-17-18(10-12)21(28)24(20(17)27)16-8-13(22(29)30)6-14(9-16)23(31)32/h1-10H,(H,29,30)(H,31,32)/p-2. The Morgan fingerprint density at radius 2 is 1.29 bits per heavy atom. The number of ketones is 1. The van der Waals surface area contributed by atoms with Crippen molar-refractivity contribution in [3.63, 3.8) is 0 Å². The van der Waals surface area contributed by atoms with Crippen molar-refractivity contribution < 1.29 is 39.1 Å². The normalized spacial score (nSPS) is 12.4. The summed E-state index contributed by atoms with van der Waals surface area (Å²) in [4.78, 5) is 72.1. The van der Waals surface area contributed by atoms with E-state index in [9.17, 15) is 44.3 Å². The predicted octanol–water partition coefficient (Wildman–Crippen LogP) is 0.353. The van der Waals surface area contributed by atoms with Crippen molar-refractivity contribution in [3.8, 4) is 0 Å². The lowest BCUT2D eigenvalue weighted by molar-refractivity contribution is -0.384. The Kier molecular flexibility index (Phi) is 5.22. The molecule has 0 spiro atoms. The molecule has 11 nitrogen and oxygen atoms in total. The average Bonchev–Trinajstić information content (AvgIpc) is 3.07. The van der Waals surface area contributed by atoms with Gasteiger partial charge >= 0.3 is 0 Å². The molecule has 0 radical (unpaired) electrons. The van der Waals surface area contributed by atoms with Gasteiger partial charge in [-0.1, -0.05) is 18.2 Å². The van der Waals surface area contributed by atoms with Gasteiger partial charge in [-0.15, -0.1) is 0 Å². The molecule has 0 saturated heterocycles. The number of nitro benzene ring substituents is 1.